The number of rotatable bonds is 4. The van der Waals surface area contributed by atoms with Gasteiger partial charge in [-0.2, -0.15) is 0 Å². The van der Waals surface area contributed by atoms with Crippen molar-refractivity contribution in [3.63, 3.8) is 0 Å². The zero-order chi connectivity index (χ0) is 14.5. The SMILES string of the molecule is CCN(C(=O)[C@@H](N)c1ccccc1)c1ccccc1F. The standard InChI is InChI=1S/C16H17FN2O/c1-2-19(14-11-7-6-10-13(14)17)16(20)15(18)12-8-4-3-5-9-12/h3-11,15H,2,18H2,1H3/t15-/m0/s1. The van der Waals surface area contributed by atoms with Gasteiger partial charge in [-0.1, -0.05) is 42.5 Å². The summed E-state index contributed by atoms with van der Waals surface area (Å²) in [5.41, 5.74) is 6.96. The summed E-state index contributed by atoms with van der Waals surface area (Å²) < 4.78 is 13.8. The quantitative estimate of drug-likeness (QED) is 0.930. The molecule has 20 heavy (non-hydrogen) atoms. The van der Waals surface area contributed by atoms with E-state index in [9.17, 15) is 9.18 Å². The van der Waals surface area contributed by atoms with Gasteiger partial charge in [0.25, 0.3) is 0 Å². The van der Waals surface area contributed by atoms with Crippen LogP contribution in [0.25, 0.3) is 0 Å². The van der Waals surface area contributed by atoms with Gasteiger partial charge >= 0.3 is 0 Å². The molecule has 0 saturated carbocycles. The van der Waals surface area contributed by atoms with Crippen molar-refractivity contribution in [3.8, 4) is 0 Å². The maximum Gasteiger partial charge on any atom is 0.248 e. The van der Waals surface area contributed by atoms with Crippen LogP contribution in [-0.4, -0.2) is 12.5 Å². The average molecular weight is 272 g/mol. The molecule has 2 aromatic rings. The summed E-state index contributed by atoms with van der Waals surface area (Å²) in [6.07, 6.45) is 0. The number of hydrogen-bond donors (Lipinski definition) is 1. The van der Waals surface area contributed by atoms with Crippen molar-refractivity contribution < 1.29 is 9.18 Å². The largest absolute Gasteiger partial charge is 0.316 e. The molecule has 2 aromatic carbocycles. The number of nitrogens with zero attached hydrogens (tertiary/aromatic N) is 1. The van der Waals surface area contributed by atoms with Crippen molar-refractivity contribution in [1.82, 2.24) is 0 Å². The van der Waals surface area contributed by atoms with Crippen molar-refractivity contribution in [2.75, 3.05) is 11.4 Å². The van der Waals surface area contributed by atoms with E-state index in [1.54, 1.807) is 37.3 Å². The Morgan fingerprint density at radius 1 is 1.15 bits per heavy atom. The van der Waals surface area contributed by atoms with E-state index in [4.69, 9.17) is 5.73 Å². The summed E-state index contributed by atoms with van der Waals surface area (Å²) in [4.78, 5) is 13.8. The fraction of sp³-hybridized carbons (Fsp3) is 0.188. The molecule has 0 aliphatic rings. The molecule has 1 atom stereocenters. The van der Waals surface area contributed by atoms with E-state index in [1.807, 2.05) is 18.2 Å². The molecule has 0 saturated heterocycles. The highest BCUT2D eigenvalue weighted by Crippen LogP contribution is 2.22. The molecule has 1 amide bonds. The van der Waals surface area contributed by atoms with E-state index in [-0.39, 0.29) is 11.6 Å². The molecule has 0 spiro atoms. The molecule has 2 N–H and O–H groups in total. The monoisotopic (exact) mass is 272 g/mol. The summed E-state index contributed by atoms with van der Waals surface area (Å²) in [5, 5.41) is 0. The summed E-state index contributed by atoms with van der Waals surface area (Å²) >= 11 is 0. The fourth-order valence-corrected chi connectivity index (χ4v) is 2.09. The van der Waals surface area contributed by atoms with E-state index < -0.39 is 11.9 Å². The maximum absolute atomic E-state index is 13.8. The first kappa shape index (κ1) is 14.2. The molecule has 0 heterocycles. The number of likely N-dealkylation sites (N-methyl/N-ethyl adjacent to an activating group) is 1. The minimum Gasteiger partial charge on any atom is -0.316 e. The third kappa shape index (κ3) is 2.86. The van der Waals surface area contributed by atoms with Crippen LogP contribution in [0.4, 0.5) is 10.1 Å². The van der Waals surface area contributed by atoms with Crippen LogP contribution in [0.15, 0.2) is 54.6 Å². The van der Waals surface area contributed by atoms with Crippen molar-refractivity contribution in [2.24, 2.45) is 5.73 Å². The normalized spacial score (nSPS) is 11.9. The number of para-hydroxylation sites is 1. The molecular weight excluding hydrogens is 255 g/mol. The second-order valence-corrected chi connectivity index (χ2v) is 4.42. The van der Waals surface area contributed by atoms with Crippen LogP contribution in [0.2, 0.25) is 0 Å². The Balaban J connectivity index is 2.29. The highest BCUT2D eigenvalue weighted by molar-refractivity contribution is 5.97. The number of halogens is 1. The van der Waals surface area contributed by atoms with Crippen LogP contribution in [0, 0.1) is 5.82 Å². The second kappa shape index (κ2) is 6.30. The van der Waals surface area contributed by atoms with Crippen LogP contribution in [-0.2, 0) is 4.79 Å². The topological polar surface area (TPSA) is 46.3 Å². The van der Waals surface area contributed by atoms with Crippen LogP contribution < -0.4 is 10.6 Å². The zero-order valence-electron chi connectivity index (χ0n) is 11.3. The van der Waals surface area contributed by atoms with Gasteiger partial charge in [0.2, 0.25) is 5.91 Å². The molecule has 4 heteroatoms. The van der Waals surface area contributed by atoms with Gasteiger partial charge in [-0.15, -0.1) is 0 Å². The van der Waals surface area contributed by atoms with Crippen molar-refractivity contribution in [1.29, 1.82) is 0 Å². The number of benzene rings is 2. The summed E-state index contributed by atoms with van der Waals surface area (Å²) in [7, 11) is 0. The molecule has 0 aliphatic carbocycles. The lowest BCUT2D eigenvalue weighted by Crippen LogP contribution is -2.39. The number of hydrogen-bond acceptors (Lipinski definition) is 2. The summed E-state index contributed by atoms with van der Waals surface area (Å²) in [5.74, 6) is -0.744. The van der Waals surface area contributed by atoms with Gasteiger partial charge in [0.1, 0.15) is 11.9 Å². The van der Waals surface area contributed by atoms with E-state index in [2.05, 4.69) is 0 Å². The number of carbonyl (C=O) groups is 1. The van der Waals surface area contributed by atoms with E-state index in [1.165, 1.54) is 11.0 Å². The highest BCUT2D eigenvalue weighted by atomic mass is 19.1. The molecule has 0 radical (unpaired) electrons. The van der Waals surface area contributed by atoms with Crippen LogP contribution >= 0.6 is 0 Å². The molecular formula is C16H17FN2O. The highest BCUT2D eigenvalue weighted by Gasteiger charge is 2.24. The molecule has 3 nitrogen and oxygen atoms in total. The minimum absolute atomic E-state index is 0.256. The third-order valence-corrected chi connectivity index (χ3v) is 3.15. The molecule has 0 aromatic heterocycles. The minimum atomic E-state index is -0.796. The van der Waals surface area contributed by atoms with Gasteiger partial charge in [-0.25, -0.2) is 4.39 Å². The van der Waals surface area contributed by atoms with Gasteiger partial charge in [0.15, 0.2) is 0 Å². The van der Waals surface area contributed by atoms with Gasteiger partial charge in [0.05, 0.1) is 5.69 Å². The summed E-state index contributed by atoms with van der Waals surface area (Å²) in [6.45, 7) is 2.16. The summed E-state index contributed by atoms with van der Waals surface area (Å²) in [6, 6.07) is 14.5. The zero-order valence-corrected chi connectivity index (χ0v) is 11.3. The van der Waals surface area contributed by atoms with E-state index in [0.717, 1.165) is 0 Å². The van der Waals surface area contributed by atoms with Crippen LogP contribution in [0.1, 0.15) is 18.5 Å². The van der Waals surface area contributed by atoms with Crippen molar-refractivity contribution in [3.05, 3.63) is 66.0 Å². The van der Waals surface area contributed by atoms with Crippen molar-refractivity contribution >= 4 is 11.6 Å². The van der Waals surface area contributed by atoms with E-state index in [0.29, 0.717) is 12.1 Å². The number of nitrogens with two attached hydrogens (primary N) is 1. The van der Waals surface area contributed by atoms with Crippen LogP contribution in [0.3, 0.4) is 0 Å². The Morgan fingerprint density at radius 2 is 1.75 bits per heavy atom. The van der Waals surface area contributed by atoms with Gasteiger partial charge in [-0.05, 0) is 24.6 Å². The molecule has 2 rings (SSSR count). The Bertz CT molecular complexity index is 586. The number of carbonyl (C=O) groups excluding carboxylic acids is 1. The van der Waals surface area contributed by atoms with Gasteiger partial charge in [-0.3, -0.25) is 4.79 Å². The lowest BCUT2D eigenvalue weighted by atomic mass is 10.1. The molecule has 0 unspecified atom stereocenters. The van der Waals surface area contributed by atoms with Crippen LogP contribution in [0.5, 0.6) is 0 Å². The average Bonchev–Trinajstić information content (AvgIpc) is 2.50. The number of anilines is 1. The van der Waals surface area contributed by atoms with Gasteiger partial charge in [0, 0.05) is 6.54 Å². The second-order valence-electron chi connectivity index (χ2n) is 4.42. The predicted molar refractivity (Wildman–Crippen MR) is 77.8 cm³/mol. The van der Waals surface area contributed by atoms with E-state index >= 15 is 0 Å². The lowest BCUT2D eigenvalue weighted by Gasteiger charge is -2.25. The lowest BCUT2D eigenvalue weighted by molar-refractivity contribution is -0.119. The predicted octanol–water partition coefficient (Wildman–Crippen LogP) is 2.88. The molecule has 0 aliphatic heterocycles. The Hall–Kier alpha value is -2.20. The smallest absolute Gasteiger partial charge is 0.248 e. The first-order valence-electron chi connectivity index (χ1n) is 6.51. The Labute approximate surface area is 117 Å². The van der Waals surface area contributed by atoms with Crippen molar-refractivity contribution in [2.45, 2.75) is 13.0 Å². The molecule has 104 valence electrons. The Kier molecular flexibility index (Phi) is 4.48. The molecule has 0 bridgehead atoms. The maximum atomic E-state index is 13.8. The Morgan fingerprint density at radius 3 is 2.35 bits per heavy atom. The first-order chi connectivity index (χ1) is 9.65. The number of amides is 1. The molecule has 0 fully saturated rings. The fourth-order valence-electron chi connectivity index (χ4n) is 2.09. The van der Waals surface area contributed by atoms with Gasteiger partial charge < -0.3 is 10.6 Å². The third-order valence-electron chi connectivity index (χ3n) is 3.15. The first-order valence-corrected chi connectivity index (χ1v) is 6.51.